The number of anilines is 2. The molecule has 12 heteroatoms. The van der Waals surface area contributed by atoms with E-state index in [-0.39, 0.29) is 39.1 Å². The fourth-order valence-corrected chi connectivity index (χ4v) is 5.85. The van der Waals surface area contributed by atoms with E-state index in [0.29, 0.717) is 18.5 Å². The Hall–Kier alpha value is -3.64. The van der Waals surface area contributed by atoms with Crippen LogP contribution in [0.1, 0.15) is 41.7 Å². The molecule has 4 rings (SSSR count). The van der Waals surface area contributed by atoms with Gasteiger partial charge in [0, 0.05) is 19.3 Å². The minimum Gasteiger partial charge on any atom is -0.465 e. The number of hydrogen-bond donors (Lipinski definition) is 4. The molecule has 1 fully saturated rings. The zero-order chi connectivity index (χ0) is 26.1. The lowest BCUT2D eigenvalue weighted by atomic mass is 9.73. The number of halogens is 2. The number of thiazole rings is 1. The lowest BCUT2D eigenvalue weighted by Gasteiger charge is -2.43. The van der Waals surface area contributed by atoms with Crippen molar-refractivity contribution in [2.75, 3.05) is 18.1 Å². The normalized spacial score (nSPS) is 21.7. The highest BCUT2D eigenvalue weighted by atomic mass is 32.1. The zero-order valence-electron chi connectivity index (χ0n) is 19.6. The predicted octanol–water partition coefficient (Wildman–Crippen LogP) is 4.14. The van der Waals surface area contributed by atoms with Gasteiger partial charge in [0.1, 0.15) is 21.6 Å². The van der Waals surface area contributed by atoms with E-state index in [0.717, 1.165) is 29.0 Å². The number of hydrogen-bond acceptors (Lipinski definition) is 7. The molecule has 0 radical (unpaired) electrons. The van der Waals surface area contributed by atoms with Crippen LogP contribution in [0.5, 0.6) is 0 Å². The Morgan fingerprint density at radius 1 is 1.22 bits per heavy atom. The highest BCUT2D eigenvalue weighted by Crippen LogP contribution is 2.40. The SMILES string of the molecule is C[C@H]1C[C@@H](c2ccncc2NC(=O)c2nc(-c3c(F)cccc3F)sc2N)C[C@@H](N)[C@H]1N(C)C(=O)O. The van der Waals surface area contributed by atoms with Crippen molar-refractivity contribution in [3.63, 3.8) is 0 Å². The predicted molar refractivity (Wildman–Crippen MR) is 133 cm³/mol. The summed E-state index contributed by atoms with van der Waals surface area (Å²) in [7, 11) is 1.52. The summed E-state index contributed by atoms with van der Waals surface area (Å²) in [6.45, 7) is 1.95. The smallest absolute Gasteiger partial charge is 0.407 e. The van der Waals surface area contributed by atoms with Crippen molar-refractivity contribution in [2.45, 2.75) is 37.8 Å². The van der Waals surface area contributed by atoms with E-state index in [1.54, 1.807) is 12.3 Å². The number of nitrogen functional groups attached to an aromatic ring is 1. The van der Waals surface area contributed by atoms with E-state index in [2.05, 4.69) is 15.3 Å². The number of nitrogens with two attached hydrogens (primary N) is 2. The molecule has 0 saturated heterocycles. The molecule has 6 N–H and O–H groups in total. The second-order valence-electron chi connectivity index (χ2n) is 8.94. The summed E-state index contributed by atoms with van der Waals surface area (Å²) >= 11 is 0.814. The maximum absolute atomic E-state index is 14.2. The van der Waals surface area contributed by atoms with Crippen molar-refractivity contribution in [2.24, 2.45) is 11.7 Å². The molecule has 0 unspecified atom stereocenters. The average molecular weight is 517 g/mol. The Kier molecular flexibility index (Phi) is 7.18. The second-order valence-corrected chi connectivity index (χ2v) is 9.97. The van der Waals surface area contributed by atoms with Gasteiger partial charge in [-0.15, -0.1) is 0 Å². The van der Waals surface area contributed by atoms with E-state index in [1.807, 2.05) is 6.92 Å². The molecule has 1 saturated carbocycles. The first-order valence-corrected chi connectivity index (χ1v) is 12.1. The van der Waals surface area contributed by atoms with E-state index >= 15 is 0 Å². The van der Waals surface area contributed by atoms with Crippen LogP contribution in [0.2, 0.25) is 0 Å². The van der Waals surface area contributed by atoms with E-state index in [4.69, 9.17) is 11.5 Å². The Bertz CT molecular complexity index is 1270. The van der Waals surface area contributed by atoms with Crippen LogP contribution in [0.3, 0.4) is 0 Å². The first-order chi connectivity index (χ1) is 17.1. The van der Waals surface area contributed by atoms with Crippen molar-refractivity contribution in [3.05, 3.63) is 59.6 Å². The Labute approximate surface area is 210 Å². The minimum absolute atomic E-state index is 0.0171. The molecule has 4 atom stereocenters. The highest BCUT2D eigenvalue weighted by Gasteiger charge is 2.39. The number of carboxylic acid groups (broad SMARTS) is 1. The van der Waals surface area contributed by atoms with Gasteiger partial charge in [0.15, 0.2) is 5.69 Å². The fraction of sp³-hybridized carbons (Fsp3) is 0.333. The van der Waals surface area contributed by atoms with Gasteiger partial charge >= 0.3 is 6.09 Å². The average Bonchev–Trinajstić information content (AvgIpc) is 3.19. The number of benzene rings is 1. The largest absolute Gasteiger partial charge is 0.465 e. The van der Waals surface area contributed by atoms with E-state index < -0.39 is 29.7 Å². The number of amides is 2. The molecule has 0 bridgehead atoms. The van der Waals surface area contributed by atoms with Crippen LogP contribution in [-0.2, 0) is 0 Å². The standard InChI is InChI=1S/C24H26F2N6O3S/c1-11-8-12(9-16(27)20(11)32(2)24(34)35)13-6-7-29-10-17(13)30-22(33)19-21(28)36-23(31-19)18-14(25)4-3-5-15(18)26/h3-7,10-12,16,20H,8-9,27-28H2,1-2H3,(H,30,33)(H,34,35)/t11-,12+,16+,20-/m0/s1. The number of likely N-dealkylation sites (N-methyl/N-ethyl adjacent to an activating group) is 1. The molecule has 3 aromatic rings. The Balaban J connectivity index is 1.57. The van der Waals surface area contributed by atoms with Crippen LogP contribution in [0.15, 0.2) is 36.7 Å². The van der Waals surface area contributed by atoms with Gasteiger partial charge in [-0.25, -0.2) is 18.6 Å². The molecule has 2 aromatic heterocycles. The quantitative estimate of drug-likeness (QED) is 0.398. The van der Waals surface area contributed by atoms with Gasteiger partial charge in [0.05, 0.1) is 23.5 Å². The van der Waals surface area contributed by atoms with Crippen molar-refractivity contribution >= 4 is 34.0 Å². The van der Waals surface area contributed by atoms with Crippen LogP contribution in [-0.4, -0.2) is 51.1 Å². The molecule has 1 aliphatic carbocycles. The fourth-order valence-electron chi connectivity index (χ4n) is 4.98. The lowest BCUT2D eigenvalue weighted by Crippen LogP contribution is -2.54. The van der Waals surface area contributed by atoms with Gasteiger partial charge < -0.3 is 26.8 Å². The number of rotatable bonds is 5. The summed E-state index contributed by atoms with van der Waals surface area (Å²) in [5.74, 6) is -2.33. The van der Waals surface area contributed by atoms with E-state index in [1.165, 1.54) is 24.2 Å². The first kappa shape index (κ1) is 25.5. The molecule has 9 nitrogen and oxygen atoms in total. The van der Waals surface area contributed by atoms with Crippen molar-refractivity contribution in [3.8, 4) is 10.6 Å². The van der Waals surface area contributed by atoms with Crippen molar-refractivity contribution < 1.29 is 23.5 Å². The van der Waals surface area contributed by atoms with Gasteiger partial charge in [0.25, 0.3) is 5.91 Å². The van der Waals surface area contributed by atoms with Crippen LogP contribution in [0.25, 0.3) is 10.6 Å². The Morgan fingerprint density at radius 2 is 1.92 bits per heavy atom. The van der Waals surface area contributed by atoms with Gasteiger partial charge in [-0.05, 0) is 48.4 Å². The van der Waals surface area contributed by atoms with Gasteiger partial charge in [-0.2, -0.15) is 0 Å². The van der Waals surface area contributed by atoms with Crippen molar-refractivity contribution in [1.29, 1.82) is 0 Å². The minimum atomic E-state index is -1.03. The highest BCUT2D eigenvalue weighted by molar-refractivity contribution is 7.19. The topological polar surface area (TPSA) is 147 Å². The van der Waals surface area contributed by atoms with Crippen molar-refractivity contribution in [1.82, 2.24) is 14.9 Å². The summed E-state index contributed by atoms with van der Waals surface area (Å²) in [6, 6.07) is 4.50. The molecular formula is C24H26F2N6O3S. The summed E-state index contributed by atoms with van der Waals surface area (Å²) in [5.41, 5.74) is 13.1. The molecule has 1 aromatic carbocycles. The van der Waals surface area contributed by atoms with Crippen LogP contribution < -0.4 is 16.8 Å². The van der Waals surface area contributed by atoms with Gasteiger partial charge in [0.2, 0.25) is 0 Å². The zero-order valence-corrected chi connectivity index (χ0v) is 20.4. The first-order valence-electron chi connectivity index (χ1n) is 11.3. The molecule has 2 amide bonds. The number of carbonyl (C=O) groups is 2. The third-order valence-electron chi connectivity index (χ3n) is 6.57. The third kappa shape index (κ3) is 4.86. The molecule has 190 valence electrons. The number of carbonyl (C=O) groups excluding carboxylic acids is 1. The second kappa shape index (κ2) is 10.2. The molecule has 0 aliphatic heterocycles. The van der Waals surface area contributed by atoms with Gasteiger partial charge in [-0.1, -0.05) is 24.3 Å². The Morgan fingerprint density at radius 3 is 2.56 bits per heavy atom. The maximum atomic E-state index is 14.2. The van der Waals surface area contributed by atoms with Crippen LogP contribution >= 0.6 is 11.3 Å². The molecule has 0 spiro atoms. The lowest BCUT2D eigenvalue weighted by molar-refractivity contribution is 0.0905. The summed E-state index contributed by atoms with van der Waals surface area (Å²) in [6.07, 6.45) is 3.23. The molecule has 2 heterocycles. The number of aromatic nitrogens is 2. The van der Waals surface area contributed by atoms with Crippen LogP contribution in [0.4, 0.5) is 24.3 Å². The molecular weight excluding hydrogens is 490 g/mol. The monoisotopic (exact) mass is 516 g/mol. The summed E-state index contributed by atoms with van der Waals surface area (Å²) in [4.78, 5) is 34.0. The third-order valence-corrected chi connectivity index (χ3v) is 7.47. The summed E-state index contributed by atoms with van der Waals surface area (Å²) < 4.78 is 28.4. The molecule has 1 aliphatic rings. The number of nitrogens with one attached hydrogen (secondary N) is 1. The summed E-state index contributed by atoms with van der Waals surface area (Å²) in [5, 5.41) is 12.1. The number of nitrogens with zero attached hydrogens (tertiary/aromatic N) is 3. The van der Waals surface area contributed by atoms with E-state index in [9.17, 15) is 23.5 Å². The number of pyridine rings is 1. The van der Waals surface area contributed by atoms with Gasteiger partial charge in [-0.3, -0.25) is 9.78 Å². The maximum Gasteiger partial charge on any atom is 0.407 e. The molecule has 36 heavy (non-hydrogen) atoms. The van der Waals surface area contributed by atoms with Crippen LogP contribution in [0, 0.1) is 17.6 Å².